The zero-order chi connectivity index (χ0) is 20.1. The summed E-state index contributed by atoms with van der Waals surface area (Å²) < 4.78 is 10.7. The highest BCUT2D eigenvalue weighted by Gasteiger charge is 2.53. The fourth-order valence-electron chi connectivity index (χ4n) is 3.02. The van der Waals surface area contributed by atoms with Crippen LogP contribution in [0.25, 0.3) is 0 Å². The van der Waals surface area contributed by atoms with Crippen LogP contribution in [0.2, 0.25) is 0 Å². The summed E-state index contributed by atoms with van der Waals surface area (Å²) in [6, 6.07) is 8.33. The highest BCUT2D eigenvalue weighted by Crippen LogP contribution is 2.40. The number of para-hydroxylation sites is 1. The Hall–Kier alpha value is -2.48. The van der Waals surface area contributed by atoms with E-state index in [1.54, 1.807) is 12.1 Å². The summed E-state index contributed by atoms with van der Waals surface area (Å²) in [5, 5.41) is 2.41. The summed E-state index contributed by atoms with van der Waals surface area (Å²) in [5.41, 5.74) is 1.13. The molecule has 150 valence electrons. The molecule has 0 aromatic heterocycles. The van der Waals surface area contributed by atoms with E-state index in [9.17, 15) is 14.4 Å². The summed E-state index contributed by atoms with van der Waals surface area (Å²) in [6.07, 6.45) is 1.70. The lowest BCUT2D eigenvalue weighted by atomic mass is 10.0. The Labute approximate surface area is 168 Å². The minimum absolute atomic E-state index is 0.175. The quantitative estimate of drug-likeness (QED) is 0.406. The van der Waals surface area contributed by atoms with Crippen molar-refractivity contribution in [3.63, 3.8) is 0 Å². The van der Waals surface area contributed by atoms with Gasteiger partial charge in [-0.05, 0) is 31.1 Å². The molecule has 0 bridgehead atoms. The number of benzene rings is 1. The number of hydrogen-bond acceptors (Lipinski definition) is 6. The van der Waals surface area contributed by atoms with Crippen molar-refractivity contribution in [3.8, 4) is 5.75 Å². The maximum atomic E-state index is 12.6. The SMILES string of the molecule is CCCCOC(=O)C1=C(C)CS[C@@H]2[C@H](NC(=O)COc3ccccc3)C(=O)N12. The van der Waals surface area contributed by atoms with E-state index in [0.717, 1.165) is 18.4 Å². The predicted molar refractivity (Wildman–Crippen MR) is 106 cm³/mol. The van der Waals surface area contributed by atoms with Crippen LogP contribution in [0, 0.1) is 0 Å². The van der Waals surface area contributed by atoms with Crippen molar-refractivity contribution in [1.82, 2.24) is 10.2 Å². The summed E-state index contributed by atoms with van der Waals surface area (Å²) in [6.45, 7) is 4.00. The summed E-state index contributed by atoms with van der Waals surface area (Å²) in [5.74, 6) is 0.0519. The van der Waals surface area contributed by atoms with Crippen LogP contribution in [0.3, 0.4) is 0 Å². The first-order valence-corrected chi connectivity index (χ1v) is 10.4. The van der Waals surface area contributed by atoms with Crippen molar-refractivity contribution in [1.29, 1.82) is 0 Å². The van der Waals surface area contributed by atoms with Crippen molar-refractivity contribution >= 4 is 29.5 Å². The second kappa shape index (κ2) is 9.14. The van der Waals surface area contributed by atoms with Gasteiger partial charge in [-0.25, -0.2) is 4.79 Å². The standard InChI is InChI=1S/C20H24N2O5S/c1-3-4-10-26-20(25)17-13(2)12-28-19-16(18(24)22(17)19)21-15(23)11-27-14-8-6-5-7-9-14/h5-9,16,19H,3-4,10-12H2,1-2H3,(H,21,23)/t16-,19-/m1/s1. The van der Waals surface area contributed by atoms with Gasteiger partial charge in [0.1, 0.15) is 22.9 Å². The fraction of sp³-hybridized carbons (Fsp3) is 0.450. The molecule has 3 rings (SSSR count). The van der Waals surface area contributed by atoms with Crippen molar-refractivity contribution in [2.24, 2.45) is 0 Å². The average molecular weight is 404 g/mol. The van der Waals surface area contributed by atoms with E-state index in [2.05, 4.69) is 5.32 Å². The maximum absolute atomic E-state index is 12.6. The van der Waals surface area contributed by atoms with Crippen molar-refractivity contribution in [2.75, 3.05) is 19.0 Å². The van der Waals surface area contributed by atoms with Crippen molar-refractivity contribution in [3.05, 3.63) is 41.6 Å². The molecule has 0 saturated carbocycles. The number of unbranched alkanes of at least 4 members (excludes halogenated alkanes) is 1. The molecule has 2 amide bonds. The molecule has 0 aliphatic carbocycles. The number of thioether (sulfide) groups is 1. The lowest BCUT2D eigenvalue weighted by Gasteiger charge is -2.49. The Morgan fingerprint density at radius 3 is 2.75 bits per heavy atom. The lowest BCUT2D eigenvalue weighted by molar-refractivity contribution is -0.153. The number of rotatable bonds is 8. The van der Waals surface area contributed by atoms with Gasteiger partial charge in [0.2, 0.25) is 0 Å². The topological polar surface area (TPSA) is 84.9 Å². The molecule has 0 radical (unpaired) electrons. The molecule has 28 heavy (non-hydrogen) atoms. The molecule has 0 unspecified atom stereocenters. The molecule has 8 heteroatoms. The van der Waals surface area contributed by atoms with Crippen LogP contribution in [-0.4, -0.2) is 53.1 Å². The highest BCUT2D eigenvalue weighted by molar-refractivity contribution is 8.00. The van der Waals surface area contributed by atoms with Gasteiger partial charge >= 0.3 is 5.97 Å². The van der Waals surface area contributed by atoms with Gasteiger partial charge in [0, 0.05) is 5.75 Å². The van der Waals surface area contributed by atoms with Gasteiger partial charge in [-0.2, -0.15) is 0 Å². The zero-order valence-electron chi connectivity index (χ0n) is 16.0. The minimum atomic E-state index is -0.664. The highest BCUT2D eigenvalue weighted by atomic mass is 32.2. The lowest BCUT2D eigenvalue weighted by Crippen LogP contribution is -2.70. The van der Waals surface area contributed by atoms with E-state index in [1.807, 2.05) is 32.0 Å². The number of nitrogens with zero attached hydrogens (tertiary/aromatic N) is 1. The Kier molecular flexibility index (Phi) is 6.61. The van der Waals surface area contributed by atoms with Gasteiger partial charge in [-0.3, -0.25) is 14.5 Å². The zero-order valence-corrected chi connectivity index (χ0v) is 16.8. The molecule has 2 heterocycles. The largest absolute Gasteiger partial charge is 0.484 e. The third-order valence-electron chi connectivity index (χ3n) is 4.51. The second-order valence-electron chi connectivity index (χ2n) is 6.68. The molecule has 2 aliphatic rings. The minimum Gasteiger partial charge on any atom is -0.484 e. The van der Waals surface area contributed by atoms with Crippen LogP contribution < -0.4 is 10.1 Å². The first kappa shape index (κ1) is 20.3. The number of amides is 2. The number of ether oxygens (including phenoxy) is 2. The fourth-order valence-corrected chi connectivity index (χ4v) is 4.31. The number of nitrogens with one attached hydrogen (secondary N) is 1. The van der Waals surface area contributed by atoms with Crippen LogP contribution in [-0.2, 0) is 19.1 Å². The van der Waals surface area contributed by atoms with Crippen LogP contribution >= 0.6 is 11.8 Å². The number of fused-ring (bicyclic) bond motifs is 1. The van der Waals surface area contributed by atoms with Crippen molar-refractivity contribution < 1.29 is 23.9 Å². The van der Waals surface area contributed by atoms with Crippen molar-refractivity contribution in [2.45, 2.75) is 38.1 Å². The maximum Gasteiger partial charge on any atom is 0.355 e. The molecular weight excluding hydrogens is 380 g/mol. The van der Waals surface area contributed by atoms with E-state index in [1.165, 1.54) is 16.7 Å². The molecule has 0 spiro atoms. The molecule has 1 aromatic rings. The summed E-state index contributed by atoms with van der Waals surface area (Å²) >= 11 is 1.52. The smallest absolute Gasteiger partial charge is 0.355 e. The third-order valence-corrected chi connectivity index (χ3v) is 5.94. The van der Waals surface area contributed by atoms with E-state index in [-0.39, 0.29) is 23.8 Å². The van der Waals surface area contributed by atoms with Gasteiger partial charge in [-0.1, -0.05) is 31.5 Å². The van der Waals surface area contributed by atoms with Crippen LogP contribution in [0.4, 0.5) is 0 Å². The number of esters is 1. The van der Waals surface area contributed by atoms with E-state index in [0.29, 0.717) is 23.8 Å². The number of carbonyl (C=O) groups excluding carboxylic acids is 3. The Morgan fingerprint density at radius 2 is 2.04 bits per heavy atom. The van der Waals surface area contributed by atoms with Gasteiger partial charge in [-0.15, -0.1) is 11.8 Å². The third kappa shape index (κ3) is 4.32. The second-order valence-corrected chi connectivity index (χ2v) is 7.78. The molecular formula is C20H24N2O5S. The Bertz CT molecular complexity index is 780. The predicted octanol–water partition coefficient (Wildman–Crippen LogP) is 2.08. The molecule has 1 N–H and O–H groups in total. The van der Waals surface area contributed by atoms with Gasteiger partial charge in [0.15, 0.2) is 6.61 Å². The first-order valence-electron chi connectivity index (χ1n) is 9.31. The van der Waals surface area contributed by atoms with E-state index >= 15 is 0 Å². The molecule has 1 fully saturated rings. The molecule has 1 aromatic carbocycles. The Balaban J connectivity index is 1.57. The van der Waals surface area contributed by atoms with Crippen LogP contribution in [0.5, 0.6) is 5.75 Å². The Morgan fingerprint density at radius 1 is 1.29 bits per heavy atom. The summed E-state index contributed by atoms with van der Waals surface area (Å²) in [4.78, 5) is 38.6. The number of β-lactam (4-membered cyclic amide) rings is 1. The first-order chi connectivity index (χ1) is 13.5. The van der Waals surface area contributed by atoms with Gasteiger partial charge in [0.25, 0.3) is 11.8 Å². The average Bonchev–Trinajstić information content (AvgIpc) is 2.71. The van der Waals surface area contributed by atoms with Gasteiger partial charge < -0.3 is 14.8 Å². The van der Waals surface area contributed by atoms with Crippen LogP contribution in [0.1, 0.15) is 26.7 Å². The number of carbonyl (C=O) groups is 3. The monoisotopic (exact) mass is 404 g/mol. The molecule has 1 saturated heterocycles. The van der Waals surface area contributed by atoms with Crippen LogP contribution in [0.15, 0.2) is 41.6 Å². The van der Waals surface area contributed by atoms with E-state index in [4.69, 9.17) is 9.47 Å². The number of hydrogen-bond donors (Lipinski definition) is 1. The molecule has 2 atom stereocenters. The normalized spacial score (nSPS) is 20.9. The summed E-state index contributed by atoms with van der Waals surface area (Å²) in [7, 11) is 0. The molecule has 7 nitrogen and oxygen atoms in total. The van der Waals surface area contributed by atoms with E-state index < -0.39 is 12.0 Å². The molecule has 2 aliphatic heterocycles. The van der Waals surface area contributed by atoms with Gasteiger partial charge in [0.05, 0.1) is 6.61 Å².